The van der Waals surface area contributed by atoms with Crippen LogP contribution in [0, 0.1) is 0 Å². The summed E-state index contributed by atoms with van der Waals surface area (Å²) in [4.78, 5) is 21.8. The lowest BCUT2D eigenvalue weighted by atomic mass is 10.0. The van der Waals surface area contributed by atoms with Crippen molar-refractivity contribution in [3.63, 3.8) is 0 Å². The number of furan rings is 1. The van der Waals surface area contributed by atoms with Crippen LogP contribution >= 0.6 is 11.6 Å². The standard InChI is InChI=1S/C10H11ClO3/c1-10(2,11)9(13)6-7(12)8-4-3-5-14-8/h3-5H,6H2,1-2H3. The summed E-state index contributed by atoms with van der Waals surface area (Å²) in [5.41, 5.74) is 0. The third kappa shape index (κ3) is 2.70. The van der Waals surface area contributed by atoms with Crippen LogP contribution in [0.25, 0.3) is 0 Å². The SMILES string of the molecule is CC(C)(Cl)C(=O)CC(=O)c1ccco1. The average molecular weight is 215 g/mol. The molecule has 0 saturated carbocycles. The minimum atomic E-state index is -0.998. The molecule has 4 heteroatoms. The molecule has 0 N–H and O–H groups in total. The lowest BCUT2D eigenvalue weighted by molar-refractivity contribution is -0.120. The number of hydrogen-bond acceptors (Lipinski definition) is 3. The van der Waals surface area contributed by atoms with E-state index in [1.165, 1.54) is 12.3 Å². The van der Waals surface area contributed by atoms with Crippen LogP contribution < -0.4 is 0 Å². The lowest BCUT2D eigenvalue weighted by Crippen LogP contribution is -2.26. The topological polar surface area (TPSA) is 47.3 Å². The van der Waals surface area contributed by atoms with Crippen LogP contribution in [0.15, 0.2) is 22.8 Å². The molecule has 14 heavy (non-hydrogen) atoms. The third-order valence-corrected chi connectivity index (χ3v) is 1.99. The molecule has 0 bridgehead atoms. The van der Waals surface area contributed by atoms with Crippen molar-refractivity contribution in [1.82, 2.24) is 0 Å². The van der Waals surface area contributed by atoms with Crippen LogP contribution in [0.5, 0.6) is 0 Å². The zero-order valence-corrected chi connectivity index (χ0v) is 8.80. The molecule has 0 aliphatic heterocycles. The van der Waals surface area contributed by atoms with Gasteiger partial charge in [-0.2, -0.15) is 0 Å². The van der Waals surface area contributed by atoms with Crippen LogP contribution in [-0.4, -0.2) is 16.4 Å². The first kappa shape index (κ1) is 11.0. The van der Waals surface area contributed by atoms with Gasteiger partial charge in [0.2, 0.25) is 5.78 Å². The number of Topliss-reactive ketones (excluding diaryl/α,β-unsaturated/α-hetero) is 2. The van der Waals surface area contributed by atoms with E-state index in [1.807, 2.05) is 0 Å². The van der Waals surface area contributed by atoms with Crippen LogP contribution in [-0.2, 0) is 4.79 Å². The molecular weight excluding hydrogens is 204 g/mol. The predicted molar refractivity (Wildman–Crippen MR) is 52.6 cm³/mol. The van der Waals surface area contributed by atoms with E-state index in [4.69, 9.17) is 16.0 Å². The zero-order chi connectivity index (χ0) is 10.8. The van der Waals surface area contributed by atoms with Crippen molar-refractivity contribution in [2.75, 3.05) is 0 Å². The number of rotatable bonds is 4. The fourth-order valence-electron chi connectivity index (χ4n) is 0.880. The molecule has 0 saturated heterocycles. The molecule has 0 aliphatic rings. The zero-order valence-electron chi connectivity index (χ0n) is 8.04. The molecule has 3 nitrogen and oxygen atoms in total. The van der Waals surface area contributed by atoms with Crippen molar-refractivity contribution in [2.45, 2.75) is 25.1 Å². The van der Waals surface area contributed by atoms with Crippen molar-refractivity contribution < 1.29 is 14.0 Å². The van der Waals surface area contributed by atoms with Gasteiger partial charge in [-0.15, -0.1) is 11.6 Å². The highest BCUT2D eigenvalue weighted by atomic mass is 35.5. The van der Waals surface area contributed by atoms with Gasteiger partial charge >= 0.3 is 0 Å². The predicted octanol–water partition coefficient (Wildman–Crippen LogP) is 2.44. The van der Waals surface area contributed by atoms with E-state index in [-0.39, 0.29) is 23.7 Å². The Balaban J connectivity index is 2.63. The quantitative estimate of drug-likeness (QED) is 0.439. The van der Waals surface area contributed by atoms with E-state index in [1.54, 1.807) is 19.9 Å². The maximum atomic E-state index is 11.4. The minimum Gasteiger partial charge on any atom is -0.461 e. The molecule has 1 aromatic heterocycles. The van der Waals surface area contributed by atoms with Gasteiger partial charge in [-0.05, 0) is 26.0 Å². The first-order valence-electron chi connectivity index (χ1n) is 4.20. The van der Waals surface area contributed by atoms with Crippen molar-refractivity contribution in [1.29, 1.82) is 0 Å². The largest absolute Gasteiger partial charge is 0.461 e. The third-order valence-electron chi connectivity index (χ3n) is 1.78. The molecule has 0 amide bonds. The van der Waals surface area contributed by atoms with E-state index >= 15 is 0 Å². The maximum absolute atomic E-state index is 11.4. The van der Waals surface area contributed by atoms with E-state index < -0.39 is 4.87 Å². The van der Waals surface area contributed by atoms with Crippen molar-refractivity contribution in [3.8, 4) is 0 Å². The Morgan fingerprint density at radius 1 is 1.50 bits per heavy atom. The van der Waals surface area contributed by atoms with E-state index in [0.717, 1.165) is 0 Å². The van der Waals surface area contributed by atoms with Gasteiger partial charge in [0.15, 0.2) is 11.5 Å². The average Bonchev–Trinajstić information content (AvgIpc) is 2.53. The molecular formula is C10H11ClO3. The Labute approximate surface area is 87.0 Å². The summed E-state index contributed by atoms with van der Waals surface area (Å²) in [5, 5.41) is 0. The second kappa shape index (κ2) is 3.96. The monoisotopic (exact) mass is 214 g/mol. The van der Waals surface area contributed by atoms with Gasteiger partial charge < -0.3 is 4.42 Å². The molecule has 0 atom stereocenters. The number of alkyl halides is 1. The summed E-state index contributed by atoms with van der Waals surface area (Å²) in [5.74, 6) is -0.450. The highest BCUT2D eigenvalue weighted by Gasteiger charge is 2.27. The second-order valence-electron chi connectivity index (χ2n) is 3.47. The van der Waals surface area contributed by atoms with Gasteiger partial charge in [0, 0.05) is 0 Å². The van der Waals surface area contributed by atoms with Gasteiger partial charge in [0.25, 0.3) is 0 Å². The Kier molecular flexibility index (Phi) is 3.11. The highest BCUT2D eigenvalue weighted by molar-refractivity contribution is 6.36. The van der Waals surface area contributed by atoms with Gasteiger partial charge in [-0.25, -0.2) is 0 Å². The van der Waals surface area contributed by atoms with Gasteiger partial charge in [0.05, 0.1) is 17.6 Å². The molecule has 0 aromatic carbocycles. The summed E-state index contributed by atoms with van der Waals surface area (Å²) in [6.45, 7) is 3.12. The van der Waals surface area contributed by atoms with Crippen molar-refractivity contribution in [2.24, 2.45) is 0 Å². The molecule has 1 rings (SSSR count). The van der Waals surface area contributed by atoms with Crippen molar-refractivity contribution >= 4 is 23.2 Å². The van der Waals surface area contributed by atoms with Crippen LogP contribution in [0.3, 0.4) is 0 Å². The second-order valence-corrected chi connectivity index (χ2v) is 4.42. The van der Waals surface area contributed by atoms with Crippen LogP contribution in [0.1, 0.15) is 30.8 Å². The van der Waals surface area contributed by atoms with E-state index in [0.29, 0.717) is 0 Å². The van der Waals surface area contributed by atoms with Crippen LogP contribution in [0.4, 0.5) is 0 Å². The van der Waals surface area contributed by atoms with Crippen molar-refractivity contribution in [3.05, 3.63) is 24.2 Å². The maximum Gasteiger partial charge on any atom is 0.205 e. The van der Waals surface area contributed by atoms with E-state index in [2.05, 4.69) is 0 Å². The number of carbonyl (C=O) groups excluding carboxylic acids is 2. The first-order valence-corrected chi connectivity index (χ1v) is 4.58. The van der Waals surface area contributed by atoms with E-state index in [9.17, 15) is 9.59 Å². The van der Waals surface area contributed by atoms with Gasteiger partial charge in [-0.3, -0.25) is 9.59 Å². The number of hydrogen-bond donors (Lipinski definition) is 0. The van der Waals surface area contributed by atoms with Gasteiger partial charge in [0.1, 0.15) is 0 Å². The Morgan fingerprint density at radius 2 is 2.14 bits per heavy atom. The molecule has 76 valence electrons. The Morgan fingerprint density at radius 3 is 2.57 bits per heavy atom. The summed E-state index contributed by atoms with van der Waals surface area (Å²) in [6.07, 6.45) is 1.17. The highest BCUT2D eigenvalue weighted by Crippen LogP contribution is 2.17. The first-order chi connectivity index (χ1) is 6.41. The summed E-state index contributed by atoms with van der Waals surface area (Å²) < 4.78 is 4.86. The van der Waals surface area contributed by atoms with Gasteiger partial charge in [-0.1, -0.05) is 0 Å². The number of halogens is 1. The number of carbonyl (C=O) groups is 2. The summed E-state index contributed by atoms with van der Waals surface area (Å²) in [7, 11) is 0. The molecule has 0 fully saturated rings. The lowest BCUT2D eigenvalue weighted by Gasteiger charge is -2.12. The molecule has 0 radical (unpaired) electrons. The molecule has 0 aliphatic carbocycles. The Bertz CT molecular complexity index is 333. The molecule has 1 heterocycles. The minimum absolute atomic E-state index is 0.194. The molecule has 1 aromatic rings. The number of ketones is 2. The summed E-state index contributed by atoms with van der Waals surface area (Å²) >= 11 is 5.76. The Hall–Kier alpha value is -1.09. The normalized spacial score (nSPS) is 11.4. The fraction of sp³-hybridized carbons (Fsp3) is 0.400. The smallest absolute Gasteiger partial charge is 0.205 e. The summed E-state index contributed by atoms with van der Waals surface area (Å²) in [6, 6.07) is 3.13. The molecule has 0 spiro atoms. The molecule has 0 unspecified atom stereocenters. The fourth-order valence-corrected chi connectivity index (χ4v) is 0.947. The van der Waals surface area contributed by atoms with Crippen LogP contribution in [0.2, 0.25) is 0 Å².